The van der Waals surface area contributed by atoms with Crippen molar-refractivity contribution in [2.45, 2.75) is 41.2 Å². The third-order valence-electron chi connectivity index (χ3n) is 2.92. The van der Waals surface area contributed by atoms with E-state index >= 15 is 0 Å². The van der Waals surface area contributed by atoms with E-state index in [4.69, 9.17) is 0 Å². The summed E-state index contributed by atoms with van der Waals surface area (Å²) in [5, 5.41) is 4.47. The standard InChI is InChI=1S/C13H18N4S/c1-7-8(2)15-10(4)16-13(7)14-6-12-9(3)18-11(5)17-12/h6H2,1-5H3,(H,14,15,16). The molecule has 0 bridgehead atoms. The topological polar surface area (TPSA) is 50.7 Å². The van der Waals surface area contributed by atoms with Gasteiger partial charge in [-0.15, -0.1) is 11.3 Å². The Bertz CT molecular complexity index is 575. The number of hydrogen-bond donors (Lipinski definition) is 1. The highest BCUT2D eigenvalue weighted by Gasteiger charge is 2.08. The summed E-state index contributed by atoms with van der Waals surface area (Å²) < 4.78 is 0. The van der Waals surface area contributed by atoms with Gasteiger partial charge < -0.3 is 5.32 Å². The maximum absolute atomic E-state index is 4.51. The molecule has 0 atom stereocenters. The zero-order valence-electron chi connectivity index (χ0n) is 11.5. The van der Waals surface area contributed by atoms with Crippen molar-refractivity contribution in [3.63, 3.8) is 0 Å². The Balaban J connectivity index is 2.18. The number of rotatable bonds is 3. The zero-order valence-corrected chi connectivity index (χ0v) is 12.3. The lowest BCUT2D eigenvalue weighted by Gasteiger charge is -2.10. The molecule has 0 fully saturated rings. The van der Waals surface area contributed by atoms with Crippen LogP contribution in [0.25, 0.3) is 0 Å². The van der Waals surface area contributed by atoms with Gasteiger partial charge in [-0.05, 0) is 34.6 Å². The summed E-state index contributed by atoms with van der Waals surface area (Å²) >= 11 is 1.73. The number of aryl methyl sites for hydroxylation is 4. The van der Waals surface area contributed by atoms with Gasteiger partial charge in [-0.2, -0.15) is 0 Å². The SMILES string of the molecule is Cc1nc(C)c(C)c(NCc2nc(C)sc2C)n1. The van der Waals surface area contributed by atoms with Crippen LogP contribution in [0.15, 0.2) is 0 Å². The molecule has 2 rings (SSSR count). The molecule has 0 spiro atoms. The van der Waals surface area contributed by atoms with E-state index < -0.39 is 0 Å². The van der Waals surface area contributed by atoms with Crippen molar-refractivity contribution < 1.29 is 0 Å². The fourth-order valence-electron chi connectivity index (χ4n) is 1.84. The van der Waals surface area contributed by atoms with E-state index in [1.165, 1.54) is 4.88 Å². The first kappa shape index (κ1) is 13.0. The molecule has 4 nitrogen and oxygen atoms in total. The quantitative estimate of drug-likeness (QED) is 0.923. The van der Waals surface area contributed by atoms with E-state index in [2.05, 4.69) is 27.2 Å². The molecule has 0 aromatic carbocycles. The van der Waals surface area contributed by atoms with Crippen LogP contribution in [0.3, 0.4) is 0 Å². The molecule has 5 heteroatoms. The van der Waals surface area contributed by atoms with Crippen LogP contribution in [0.2, 0.25) is 0 Å². The molecule has 96 valence electrons. The van der Waals surface area contributed by atoms with E-state index in [0.717, 1.165) is 33.6 Å². The Kier molecular flexibility index (Phi) is 3.61. The van der Waals surface area contributed by atoms with E-state index in [1.807, 2.05) is 27.7 Å². The minimum Gasteiger partial charge on any atom is -0.364 e. The number of anilines is 1. The molecule has 0 aliphatic rings. The molecule has 0 amide bonds. The Morgan fingerprint density at radius 3 is 2.33 bits per heavy atom. The molecule has 0 saturated heterocycles. The Hall–Kier alpha value is -1.49. The van der Waals surface area contributed by atoms with Crippen molar-refractivity contribution in [3.05, 3.63) is 32.7 Å². The molecule has 0 aliphatic carbocycles. The van der Waals surface area contributed by atoms with Gasteiger partial charge in [0.25, 0.3) is 0 Å². The second-order valence-electron chi connectivity index (χ2n) is 4.42. The summed E-state index contributed by atoms with van der Waals surface area (Å²) in [6, 6.07) is 0. The number of thiazole rings is 1. The fourth-order valence-corrected chi connectivity index (χ4v) is 2.68. The zero-order chi connectivity index (χ0) is 13.3. The lowest BCUT2D eigenvalue weighted by atomic mass is 10.2. The molecule has 0 unspecified atom stereocenters. The van der Waals surface area contributed by atoms with Gasteiger partial charge in [-0.25, -0.2) is 15.0 Å². The van der Waals surface area contributed by atoms with Gasteiger partial charge in [0.1, 0.15) is 11.6 Å². The first-order chi connectivity index (χ1) is 8.47. The maximum Gasteiger partial charge on any atom is 0.133 e. The summed E-state index contributed by atoms with van der Waals surface area (Å²) in [6.45, 7) is 10.8. The van der Waals surface area contributed by atoms with E-state index in [0.29, 0.717) is 6.54 Å². The van der Waals surface area contributed by atoms with Gasteiger partial charge in [0, 0.05) is 16.1 Å². The Morgan fingerprint density at radius 2 is 1.72 bits per heavy atom. The first-order valence-corrected chi connectivity index (χ1v) is 6.77. The van der Waals surface area contributed by atoms with Crippen LogP contribution in [0.5, 0.6) is 0 Å². The van der Waals surface area contributed by atoms with Crippen molar-refractivity contribution in [3.8, 4) is 0 Å². The Labute approximate surface area is 112 Å². The Morgan fingerprint density at radius 1 is 1.00 bits per heavy atom. The van der Waals surface area contributed by atoms with Gasteiger partial charge in [0.05, 0.1) is 17.2 Å². The van der Waals surface area contributed by atoms with Crippen LogP contribution < -0.4 is 5.32 Å². The maximum atomic E-state index is 4.51. The summed E-state index contributed by atoms with van der Waals surface area (Å²) in [4.78, 5) is 14.6. The van der Waals surface area contributed by atoms with E-state index in [-0.39, 0.29) is 0 Å². The summed E-state index contributed by atoms with van der Waals surface area (Å²) in [5.41, 5.74) is 3.23. The van der Waals surface area contributed by atoms with Crippen LogP contribution in [-0.2, 0) is 6.54 Å². The molecule has 0 radical (unpaired) electrons. The normalized spacial score (nSPS) is 10.7. The van der Waals surface area contributed by atoms with Crippen LogP contribution >= 0.6 is 11.3 Å². The minimum absolute atomic E-state index is 0.715. The second-order valence-corrected chi connectivity index (χ2v) is 5.83. The van der Waals surface area contributed by atoms with Gasteiger partial charge in [-0.3, -0.25) is 0 Å². The lowest BCUT2D eigenvalue weighted by Crippen LogP contribution is -2.07. The van der Waals surface area contributed by atoms with Crippen LogP contribution in [-0.4, -0.2) is 15.0 Å². The van der Waals surface area contributed by atoms with Gasteiger partial charge in [-0.1, -0.05) is 0 Å². The van der Waals surface area contributed by atoms with Gasteiger partial charge >= 0.3 is 0 Å². The van der Waals surface area contributed by atoms with Crippen molar-refractivity contribution in [2.24, 2.45) is 0 Å². The third-order valence-corrected chi connectivity index (χ3v) is 3.85. The molecule has 2 aromatic heterocycles. The second kappa shape index (κ2) is 5.02. The number of hydrogen-bond acceptors (Lipinski definition) is 5. The predicted octanol–water partition coefficient (Wildman–Crippen LogP) is 3.09. The van der Waals surface area contributed by atoms with Crippen LogP contribution in [0, 0.1) is 34.6 Å². The number of nitrogens with one attached hydrogen (secondary N) is 1. The predicted molar refractivity (Wildman–Crippen MR) is 75.2 cm³/mol. The monoisotopic (exact) mass is 262 g/mol. The highest BCUT2D eigenvalue weighted by Crippen LogP contribution is 2.19. The van der Waals surface area contributed by atoms with Crippen LogP contribution in [0.4, 0.5) is 5.82 Å². The van der Waals surface area contributed by atoms with Gasteiger partial charge in [0.15, 0.2) is 0 Å². The van der Waals surface area contributed by atoms with Crippen LogP contribution in [0.1, 0.15) is 32.7 Å². The third kappa shape index (κ3) is 2.67. The largest absolute Gasteiger partial charge is 0.364 e. The highest BCUT2D eigenvalue weighted by atomic mass is 32.1. The smallest absolute Gasteiger partial charge is 0.133 e. The molecule has 2 aromatic rings. The average molecular weight is 262 g/mol. The van der Waals surface area contributed by atoms with Crippen molar-refractivity contribution in [1.29, 1.82) is 0 Å². The molecule has 2 heterocycles. The summed E-state index contributed by atoms with van der Waals surface area (Å²) in [7, 11) is 0. The molecule has 18 heavy (non-hydrogen) atoms. The van der Waals surface area contributed by atoms with E-state index in [9.17, 15) is 0 Å². The summed E-state index contributed by atoms with van der Waals surface area (Å²) in [5.74, 6) is 1.71. The molecule has 0 aliphatic heterocycles. The van der Waals surface area contributed by atoms with Gasteiger partial charge in [0.2, 0.25) is 0 Å². The summed E-state index contributed by atoms with van der Waals surface area (Å²) in [6.07, 6.45) is 0. The highest BCUT2D eigenvalue weighted by molar-refractivity contribution is 7.11. The first-order valence-electron chi connectivity index (χ1n) is 5.96. The van der Waals surface area contributed by atoms with Crippen molar-refractivity contribution in [1.82, 2.24) is 15.0 Å². The van der Waals surface area contributed by atoms with Crippen molar-refractivity contribution in [2.75, 3.05) is 5.32 Å². The lowest BCUT2D eigenvalue weighted by molar-refractivity contribution is 0.955. The molecule has 1 N–H and O–H groups in total. The number of aromatic nitrogens is 3. The fraction of sp³-hybridized carbons (Fsp3) is 0.462. The molecule has 0 saturated carbocycles. The van der Waals surface area contributed by atoms with E-state index in [1.54, 1.807) is 11.3 Å². The minimum atomic E-state index is 0.715. The molecular weight excluding hydrogens is 244 g/mol. The molecular formula is C13H18N4S. The number of nitrogens with zero attached hydrogens (tertiary/aromatic N) is 3. The average Bonchev–Trinajstić information content (AvgIpc) is 2.60. The van der Waals surface area contributed by atoms with Crippen molar-refractivity contribution >= 4 is 17.2 Å².